The molecule has 0 saturated carbocycles. The summed E-state index contributed by atoms with van der Waals surface area (Å²) in [4.78, 5) is 28.0. The lowest BCUT2D eigenvalue weighted by Crippen LogP contribution is -2.29. The maximum atomic E-state index is 13.3. The minimum absolute atomic E-state index is 0.0210. The molecule has 3 aromatic carbocycles. The Balaban J connectivity index is 1.97. The SMILES string of the molecule is COc1cc(C)c(/C(O)=C2\C(=O)C(=O)N(c3ccc(C#N)cc3)C2c2cccc(C)c2)cc1C. The number of carbonyl (C=O) groups is 2. The smallest absolute Gasteiger partial charge is 0.300 e. The third-order valence-electron chi connectivity index (χ3n) is 6.07. The van der Waals surface area contributed by atoms with Crippen LogP contribution >= 0.6 is 0 Å². The predicted molar refractivity (Wildman–Crippen MR) is 130 cm³/mol. The van der Waals surface area contributed by atoms with Crippen molar-refractivity contribution in [3.05, 3.63) is 99.6 Å². The zero-order chi connectivity index (χ0) is 24.6. The van der Waals surface area contributed by atoms with Gasteiger partial charge in [-0.2, -0.15) is 5.26 Å². The second-order valence-corrected chi connectivity index (χ2v) is 8.38. The number of ketones is 1. The van der Waals surface area contributed by atoms with Crippen LogP contribution in [0.2, 0.25) is 0 Å². The van der Waals surface area contributed by atoms with Gasteiger partial charge in [-0.25, -0.2) is 0 Å². The average Bonchev–Trinajstić information content (AvgIpc) is 3.10. The van der Waals surface area contributed by atoms with Crippen molar-refractivity contribution < 1.29 is 19.4 Å². The zero-order valence-electron chi connectivity index (χ0n) is 19.4. The number of nitriles is 1. The van der Waals surface area contributed by atoms with Crippen molar-refractivity contribution in [1.29, 1.82) is 5.26 Å². The first kappa shape index (κ1) is 22.8. The topological polar surface area (TPSA) is 90.6 Å². The number of benzene rings is 3. The van der Waals surface area contributed by atoms with Crippen molar-refractivity contribution in [2.45, 2.75) is 26.8 Å². The average molecular weight is 453 g/mol. The second kappa shape index (κ2) is 8.87. The molecule has 0 bridgehead atoms. The molecule has 34 heavy (non-hydrogen) atoms. The minimum atomic E-state index is -0.824. The van der Waals surface area contributed by atoms with Crippen LogP contribution in [-0.2, 0) is 9.59 Å². The van der Waals surface area contributed by atoms with Gasteiger partial charge in [0, 0.05) is 11.3 Å². The molecular weight excluding hydrogens is 428 g/mol. The van der Waals surface area contributed by atoms with Gasteiger partial charge < -0.3 is 9.84 Å². The van der Waals surface area contributed by atoms with E-state index in [1.807, 2.05) is 45.0 Å². The summed E-state index contributed by atoms with van der Waals surface area (Å²) in [6, 6.07) is 18.7. The number of methoxy groups -OCH3 is 1. The number of aliphatic hydroxyl groups excluding tert-OH is 1. The van der Waals surface area contributed by atoms with Crippen LogP contribution in [0.15, 0.2) is 66.2 Å². The molecule has 1 fully saturated rings. The molecule has 0 aliphatic carbocycles. The number of hydrogen-bond acceptors (Lipinski definition) is 5. The van der Waals surface area contributed by atoms with Crippen LogP contribution in [0, 0.1) is 32.1 Å². The highest BCUT2D eigenvalue weighted by Gasteiger charge is 2.47. The van der Waals surface area contributed by atoms with Crippen LogP contribution < -0.4 is 9.64 Å². The third kappa shape index (κ3) is 3.82. The van der Waals surface area contributed by atoms with E-state index >= 15 is 0 Å². The van der Waals surface area contributed by atoms with Crippen LogP contribution in [0.5, 0.6) is 5.75 Å². The molecule has 1 N–H and O–H groups in total. The van der Waals surface area contributed by atoms with Crippen LogP contribution in [0.4, 0.5) is 5.69 Å². The molecule has 6 heteroatoms. The standard InChI is InChI=1S/C28H24N2O4/c1-16-6-5-7-20(12-16)25-24(26(31)22-13-18(3)23(34-4)14-17(22)2)27(32)28(33)30(25)21-10-8-19(15-29)9-11-21/h5-14,25,31H,1-4H3/b26-24+. The summed E-state index contributed by atoms with van der Waals surface area (Å²) < 4.78 is 5.37. The lowest BCUT2D eigenvalue weighted by molar-refractivity contribution is -0.132. The van der Waals surface area contributed by atoms with E-state index in [1.165, 1.54) is 4.90 Å². The maximum absolute atomic E-state index is 13.3. The normalized spacial score (nSPS) is 17.0. The number of aryl methyl sites for hydroxylation is 3. The van der Waals surface area contributed by atoms with E-state index in [2.05, 4.69) is 6.07 Å². The molecule has 4 rings (SSSR count). The van der Waals surface area contributed by atoms with E-state index in [4.69, 9.17) is 10.00 Å². The van der Waals surface area contributed by atoms with E-state index in [-0.39, 0.29) is 11.3 Å². The first-order valence-corrected chi connectivity index (χ1v) is 10.8. The van der Waals surface area contributed by atoms with Crippen LogP contribution in [0.3, 0.4) is 0 Å². The second-order valence-electron chi connectivity index (χ2n) is 8.38. The van der Waals surface area contributed by atoms with Gasteiger partial charge in [-0.1, -0.05) is 29.8 Å². The number of nitrogens with zero attached hydrogens (tertiary/aromatic N) is 2. The number of ether oxygens (including phenoxy) is 1. The molecule has 1 saturated heterocycles. The summed E-state index contributed by atoms with van der Waals surface area (Å²) in [5.41, 5.74) is 4.57. The lowest BCUT2D eigenvalue weighted by atomic mass is 9.92. The molecule has 170 valence electrons. The van der Waals surface area contributed by atoms with Crippen molar-refractivity contribution in [1.82, 2.24) is 0 Å². The van der Waals surface area contributed by atoms with E-state index < -0.39 is 17.7 Å². The number of rotatable bonds is 4. The number of amides is 1. The largest absolute Gasteiger partial charge is 0.507 e. The quantitative estimate of drug-likeness (QED) is 0.337. The van der Waals surface area contributed by atoms with Crippen LogP contribution in [0.25, 0.3) is 5.76 Å². The molecular formula is C28H24N2O4. The Bertz CT molecular complexity index is 1380. The molecule has 1 atom stereocenters. The molecule has 3 aromatic rings. The van der Waals surface area contributed by atoms with Gasteiger partial charge in [-0.05, 0) is 73.9 Å². The number of anilines is 1. The van der Waals surface area contributed by atoms with Crippen molar-refractivity contribution in [3.63, 3.8) is 0 Å². The maximum Gasteiger partial charge on any atom is 0.300 e. The van der Waals surface area contributed by atoms with Crippen LogP contribution in [-0.4, -0.2) is 23.9 Å². The summed E-state index contributed by atoms with van der Waals surface area (Å²) in [5, 5.41) is 20.6. The molecule has 6 nitrogen and oxygen atoms in total. The first-order chi connectivity index (χ1) is 16.3. The van der Waals surface area contributed by atoms with E-state index in [9.17, 15) is 14.7 Å². The van der Waals surface area contributed by atoms with Gasteiger partial charge in [0.2, 0.25) is 0 Å². The van der Waals surface area contributed by atoms with Gasteiger partial charge in [-0.3, -0.25) is 14.5 Å². The van der Waals surface area contributed by atoms with Gasteiger partial charge in [0.15, 0.2) is 0 Å². The van der Waals surface area contributed by atoms with Crippen molar-refractivity contribution in [3.8, 4) is 11.8 Å². The molecule has 0 spiro atoms. The fourth-order valence-electron chi connectivity index (χ4n) is 4.36. The summed E-state index contributed by atoms with van der Waals surface area (Å²) in [6.45, 7) is 5.59. The molecule has 1 aliphatic heterocycles. The highest BCUT2D eigenvalue weighted by atomic mass is 16.5. The third-order valence-corrected chi connectivity index (χ3v) is 6.07. The molecule has 0 aromatic heterocycles. The first-order valence-electron chi connectivity index (χ1n) is 10.8. The van der Waals surface area contributed by atoms with Crippen molar-refractivity contribution in [2.24, 2.45) is 0 Å². The van der Waals surface area contributed by atoms with Crippen molar-refractivity contribution in [2.75, 3.05) is 12.0 Å². The van der Waals surface area contributed by atoms with Gasteiger partial charge in [0.25, 0.3) is 11.7 Å². The fraction of sp³-hybridized carbons (Fsp3) is 0.179. The highest BCUT2D eigenvalue weighted by molar-refractivity contribution is 6.51. The Hall–Kier alpha value is -4.37. The Morgan fingerprint density at radius 3 is 2.32 bits per heavy atom. The molecule has 1 amide bonds. The lowest BCUT2D eigenvalue weighted by Gasteiger charge is -2.26. The monoisotopic (exact) mass is 452 g/mol. The Morgan fingerprint density at radius 2 is 1.71 bits per heavy atom. The number of hydrogen-bond donors (Lipinski definition) is 1. The zero-order valence-corrected chi connectivity index (χ0v) is 19.4. The molecule has 1 heterocycles. The summed E-state index contributed by atoms with van der Waals surface area (Å²) in [5.74, 6) is -1.06. The highest BCUT2D eigenvalue weighted by Crippen LogP contribution is 2.43. The minimum Gasteiger partial charge on any atom is -0.507 e. The molecule has 1 unspecified atom stereocenters. The van der Waals surface area contributed by atoms with Gasteiger partial charge in [0.05, 0.1) is 30.4 Å². The van der Waals surface area contributed by atoms with Gasteiger partial charge >= 0.3 is 0 Å². The molecule has 0 radical (unpaired) electrons. The summed E-state index contributed by atoms with van der Waals surface area (Å²) in [6.07, 6.45) is 0. The van der Waals surface area contributed by atoms with Crippen molar-refractivity contribution >= 4 is 23.1 Å². The number of aliphatic hydroxyl groups is 1. The van der Waals surface area contributed by atoms with E-state index in [0.717, 1.165) is 11.1 Å². The van der Waals surface area contributed by atoms with Crippen LogP contribution in [0.1, 0.15) is 39.4 Å². The number of Topliss-reactive ketones (excluding diaryl/α,β-unsaturated/α-hetero) is 1. The van der Waals surface area contributed by atoms with E-state index in [0.29, 0.717) is 33.7 Å². The summed E-state index contributed by atoms with van der Waals surface area (Å²) >= 11 is 0. The fourth-order valence-corrected chi connectivity index (χ4v) is 4.36. The van der Waals surface area contributed by atoms with Gasteiger partial charge in [0.1, 0.15) is 11.5 Å². The Kier molecular flexibility index (Phi) is 5.95. The predicted octanol–water partition coefficient (Wildman–Crippen LogP) is 5.12. The Morgan fingerprint density at radius 1 is 1.00 bits per heavy atom. The molecule has 1 aliphatic rings. The van der Waals surface area contributed by atoms with E-state index in [1.54, 1.807) is 43.5 Å². The Labute approximate surface area is 198 Å². The number of carbonyl (C=O) groups excluding carboxylic acids is 2. The summed E-state index contributed by atoms with van der Waals surface area (Å²) in [7, 11) is 1.57. The van der Waals surface area contributed by atoms with Gasteiger partial charge in [-0.15, -0.1) is 0 Å².